The molecule has 0 aromatic heterocycles. The Hall–Kier alpha value is -2.41. The van der Waals surface area contributed by atoms with E-state index in [2.05, 4.69) is 74.1 Å². The van der Waals surface area contributed by atoms with Gasteiger partial charge in [0.25, 0.3) is 0 Å². The van der Waals surface area contributed by atoms with Crippen molar-refractivity contribution in [3.63, 3.8) is 0 Å². The summed E-state index contributed by atoms with van der Waals surface area (Å²) < 4.78 is 7.03. The normalized spacial score (nSPS) is 31.8. The molecule has 4 N–H and O–H groups in total. The van der Waals surface area contributed by atoms with Gasteiger partial charge >= 0.3 is 5.97 Å². The molecule has 0 bridgehead atoms. The van der Waals surface area contributed by atoms with E-state index in [-0.39, 0.29) is 16.8 Å². The third-order valence-electron chi connectivity index (χ3n) is 12.9. The maximum Gasteiger partial charge on any atom is 0.305 e. The number of ether oxygens (including phenoxy) is 1. The second-order valence-electron chi connectivity index (χ2n) is 15.6. The van der Waals surface area contributed by atoms with Crippen molar-refractivity contribution in [3.05, 3.63) is 57.5 Å². The van der Waals surface area contributed by atoms with Gasteiger partial charge < -0.3 is 15.4 Å². The van der Waals surface area contributed by atoms with Crippen LogP contribution in [0.25, 0.3) is 0 Å². The summed E-state index contributed by atoms with van der Waals surface area (Å²) in [6.07, 6.45) is 10.1. The maximum absolute atomic E-state index is 12.0. The van der Waals surface area contributed by atoms with Crippen LogP contribution in [0.15, 0.2) is 67.7 Å². The van der Waals surface area contributed by atoms with Crippen molar-refractivity contribution in [1.29, 1.82) is 0 Å². The number of nitrogens with zero attached hydrogens (tertiary/aromatic N) is 2. The Balaban J connectivity index is 1.22. The molecule has 0 unspecified atom stereocenters. The van der Waals surface area contributed by atoms with E-state index in [9.17, 15) is 4.79 Å². The minimum atomic E-state index is -0.109. The molecule has 12 heteroatoms. The average Bonchev–Trinajstić information content (AvgIpc) is 3.47. The highest BCUT2D eigenvalue weighted by Crippen LogP contribution is 2.67. The number of carbonyl (C=O) groups is 1. The summed E-state index contributed by atoms with van der Waals surface area (Å²) in [6.45, 7) is 7.45. The van der Waals surface area contributed by atoms with Crippen LogP contribution in [0.4, 0.5) is 11.4 Å². The highest BCUT2D eigenvalue weighted by atomic mass is 79.9. The molecule has 6 rings (SSSR count). The van der Waals surface area contributed by atoms with Gasteiger partial charge in [-0.25, -0.2) is 0 Å². The number of fused-ring (bicyclic) bond motifs is 5. The molecule has 0 radical (unpaired) electrons. The molecule has 8 atom stereocenters. The number of methoxy groups -OCH3 is 1. The van der Waals surface area contributed by atoms with Crippen LogP contribution in [0, 0.1) is 46.3 Å². The molecule has 2 aromatic carbocycles. The van der Waals surface area contributed by atoms with Crippen molar-refractivity contribution < 1.29 is 9.53 Å². The summed E-state index contributed by atoms with van der Waals surface area (Å²) in [5, 5.41) is 17.6. The maximum atomic E-state index is 12.0. The van der Waals surface area contributed by atoms with Crippen LogP contribution >= 0.6 is 56.3 Å². The van der Waals surface area contributed by atoms with Gasteiger partial charge in [-0.2, -0.15) is 10.2 Å². The van der Waals surface area contributed by atoms with Crippen LogP contribution in [0.5, 0.6) is 0 Å². The molecule has 2 aromatic rings. The Labute approximate surface area is 330 Å². The molecule has 4 saturated carbocycles. The number of anilines is 2. The Kier molecular flexibility index (Phi) is 12.3. The zero-order valence-corrected chi connectivity index (χ0v) is 34.7. The lowest BCUT2D eigenvalue weighted by Gasteiger charge is -2.61. The quantitative estimate of drug-likeness (QED) is 0.118. The first-order valence-corrected chi connectivity index (χ1v) is 20.6. The smallest absolute Gasteiger partial charge is 0.305 e. The molecule has 0 spiro atoms. The predicted octanol–water partition coefficient (Wildman–Crippen LogP) is 10.1. The third kappa shape index (κ3) is 8.54. The first-order valence-electron chi connectivity index (χ1n) is 18.2. The monoisotopic (exact) mass is 856 g/mol. The summed E-state index contributed by atoms with van der Waals surface area (Å²) in [6, 6.07) is 15.9. The highest BCUT2D eigenvalue weighted by molar-refractivity contribution is 9.10. The minimum Gasteiger partial charge on any atom is -0.469 e. The number of hydrogen-bond donors (Lipinski definition) is 4. The summed E-state index contributed by atoms with van der Waals surface area (Å²) in [7, 11) is 1.49. The number of nitrogens with one attached hydrogen (secondary N) is 4. The predicted molar refractivity (Wildman–Crippen MR) is 223 cm³/mol. The van der Waals surface area contributed by atoms with Crippen LogP contribution in [0.3, 0.4) is 0 Å². The first kappa shape index (κ1) is 38.3. The van der Waals surface area contributed by atoms with Crippen LogP contribution in [-0.2, 0) is 9.53 Å². The van der Waals surface area contributed by atoms with Gasteiger partial charge in [-0.05, 0) is 171 Å². The zero-order chi connectivity index (χ0) is 36.3. The number of thiocarbonyl (C=S) groups is 2. The van der Waals surface area contributed by atoms with E-state index in [0.717, 1.165) is 58.1 Å². The third-order valence-corrected chi connectivity index (χ3v) is 14.4. The Morgan fingerprint density at radius 2 is 1.45 bits per heavy atom. The number of rotatable bonds is 8. The van der Waals surface area contributed by atoms with Gasteiger partial charge in [-0.3, -0.25) is 15.6 Å². The van der Waals surface area contributed by atoms with E-state index in [1.807, 2.05) is 48.5 Å². The molecule has 0 heterocycles. The molecule has 0 aliphatic heterocycles. The van der Waals surface area contributed by atoms with Gasteiger partial charge in [-0.1, -0.05) is 52.6 Å². The molecule has 4 aliphatic carbocycles. The lowest BCUT2D eigenvalue weighted by Crippen LogP contribution is -2.57. The van der Waals surface area contributed by atoms with Crippen molar-refractivity contribution in [2.24, 2.45) is 56.5 Å². The van der Waals surface area contributed by atoms with Crippen LogP contribution in [-0.4, -0.2) is 34.7 Å². The molecule has 51 heavy (non-hydrogen) atoms. The zero-order valence-electron chi connectivity index (χ0n) is 29.9. The van der Waals surface area contributed by atoms with Gasteiger partial charge in [-0.15, -0.1) is 0 Å². The van der Waals surface area contributed by atoms with Crippen LogP contribution < -0.4 is 21.5 Å². The molecule has 0 saturated heterocycles. The van der Waals surface area contributed by atoms with E-state index < -0.39 is 0 Å². The van der Waals surface area contributed by atoms with Gasteiger partial charge in [0.05, 0.1) is 7.11 Å². The average molecular weight is 859 g/mol. The number of esters is 1. The molecular formula is C39H50Br2N6O2S2. The van der Waals surface area contributed by atoms with Crippen molar-refractivity contribution in [2.75, 3.05) is 17.7 Å². The topological polar surface area (TPSA) is 99.1 Å². The number of hydrazone groups is 2. The molecular weight excluding hydrogens is 808 g/mol. The number of halogens is 2. The summed E-state index contributed by atoms with van der Waals surface area (Å²) in [5.41, 5.74) is 11.1. The van der Waals surface area contributed by atoms with Crippen LogP contribution in [0.2, 0.25) is 0 Å². The number of carbonyl (C=O) groups excluding carboxylic acids is 1. The second-order valence-corrected chi connectivity index (χ2v) is 18.2. The highest BCUT2D eigenvalue weighted by Gasteiger charge is 2.62. The molecule has 4 aliphatic rings. The summed E-state index contributed by atoms with van der Waals surface area (Å²) >= 11 is 18.3. The largest absolute Gasteiger partial charge is 0.469 e. The van der Waals surface area contributed by atoms with E-state index in [1.54, 1.807) is 0 Å². The number of hydrogen-bond acceptors (Lipinski definition) is 6. The van der Waals surface area contributed by atoms with Crippen molar-refractivity contribution in [1.82, 2.24) is 10.9 Å². The summed E-state index contributed by atoms with van der Waals surface area (Å²) in [5.74, 6) is 2.85. The molecule has 4 fully saturated rings. The van der Waals surface area contributed by atoms with Gasteiger partial charge in [0.15, 0.2) is 10.2 Å². The Bertz CT molecular complexity index is 1670. The van der Waals surface area contributed by atoms with Crippen LogP contribution in [0.1, 0.15) is 85.0 Å². The van der Waals surface area contributed by atoms with Gasteiger partial charge in [0.2, 0.25) is 0 Å². The molecule has 0 amide bonds. The lowest BCUT2D eigenvalue weighted by atomic mass is 9.44. The fourth-order valence-corrected chi connectivity index (χ4v) is 11.1. The van der Waals surface area contributed by atoms with Crippen molar-refractivity contribution in [3.8, 4) is 0 Å². The van der Waals surface area contributed by atoms with Crippen molar-refractivity contribution >= 4 is 95.3 Å². The molecule has 8 nitrogen and oxygen atoms in total. The fraction of sp³-hybridized carbons (Fsp3) is 0.564. The standard InChI is InChI=1S/C39H50Br2N6O2S2/c1-23(5-16-34(48)49-4)30-14-15-31-35-32(18-20-39(30,31)3)38(2)19-17-29(44-46-36(50)42-27-10-6-25(40)7-11-27)21-24(38)22-33(35)45-47-37(51)43-28-12-8-26(41)9-13-28/h6-13,23-24,30-32,35H,5,14-22H2,1-4H3,(H2,42,46,50)(H2,43,47,51)/b44-29+,45-33+/t23-,24+,30-,31+,32+,35+,38+,39-/m1/s1. The SMILES string of the molecule is COC(=O)CC[C@@H](C)[C@H]1CC[C@H]2[C@@H]3/C(=N/NC(=S)Nc4ccc(Br)cc4)C[C@@H]4C/C(=N/NC(=S)Nc5ccc(Br)cc5)CC[C@]4(C)[C@H]3CC[C@]12C. The van der Waals surface area contributed by atoms with E-state index in [1.165, 1.54) is 38.5 Å². The van der Waals surface area contributed by atoms with Crippen molar-refractivity contribution in [2.45, 2.75) is 85.0 Å². The van der Waals surface area contributed by atoms with E-state index >= 15 is 0 Å². The lowest BCUT2D eigenvalue weighted by molar-refractivity contribution is -0.141. The molecule has 274 valence electrons. The summed E-state index contributed by atoms with van der Waals surface area (Å²) in [4.78, 5) is 12.0. The van der Waals surface area contributed by atoms with Gasteiger partial charge in [0, 0.05) is 44.1 Å². The van der Waals surface area contributed by atoms with Gasteiger partial charge in [0.1, 0.15) is 0 Å². The Morgan fingerprint density at radius 1 is 0.863 bits per heavy atom. The van der Waals surface area contributed by atoms with E-state index in [4.69, 9.17) is 39.4 Å². The number of benzene rings is 2. The fourth-order valence-electron chi connectivity index (χ4n) is 10.2. The van der Waals surface area contributed by atoms with E-state index in [0.29, 0.717) is 52.2 Å². The second kappa shape index (κ2) is 16.3. The minimum absolute atomic E-state index is 0.109. The first-order chi connectivity index (χ1) is 24.4. The Morgan fingerprint density at radius 3 is 2.06 bits per heavy atom.